The Morgan fingerprint density at radius 2 is 2.00 bits per heavy atom. The average Bonchev–Trinajstić information content (AvgIpc) is 2.44. The zero-order valence-electron chi connectivity index (χ0n) is 12.9. The average molecular weight is 333 g/mol. The topological polar surface area (TPSA) is 17.1 Å². The third kappa shape index (κ3) is 2.55. The predicted octanol–water partition coefficient (Wildman–Crippen LogP) is 5.36. The fraction of sp³-hybridized carbons (Fsp3) is 0.588. The predicted molar refractivity (Wildman–Crippen MR) is 81.4 cm³/mol. The zero-order chi connectivity index (χ0) is 16.7. The molecule has 0 N–H and O–H groups in total. The van der Waals surface area contributed by atoms with Crippen molar-refractivity contribution < 1.29 is 18.0 Å². The molecule has 0 amide bonds. The van der Waals surface area contributed by atoms with Gasteiger partial charge in [-0.25, -0.2) is 13.2 Å². The van der Waals surface area contributed by atoms with Crippen LogP contribution in [0.15, 0.2) is 24.3 Å². The van der Waals surface area contributed by atoms with E-state index >= 15 is 8.78 Å². The van der Waals surface area contributed by atoms with Crippen LogP contribution in [0, 0.1) is 11.8 Å². The van der Waals surface area contributed by atoms with Crippen LogP contribution in [-0.4, -0.2) is 17.1 Å². The van der Waals surface area contributed by atoms with E-state index < -0.39 is 28.7 Å². The fourth-order valence-electron chi connectivity index (χ4n) is 3.54. The zero-order valence-corrected chi connectivity index (χ0v) is 13.6. The molecule has 22 heavy (non-hydrogen) atoms. The van der Waals surface area contributed by atoms with Gasteiger partial charge in [0.25, 0.3) is 5.24 Å². The number of halogens is 4. The summed E-state index contributed by atoms with van der Waals surface area (Å²) in [5, 5.41) is -0.750. The lowest BCUT2D eigenvalue weighted by atomic mass is 9.62. The van der Waals surface area contributed by atoms with Gasteiger partial charge in [0.2, 0.25) is 0 Å². The van der Waals surface area contributed by atoms with E-state index in [-0.39, 0.29) is 29.9 Å². The summed E-state index contributed by atoms with van der Waals surface area (Å²) in [6.07, 6.45) is -2.02. The Balaban J connectivity index is 2.60. The number of carbonyl (C=O) groups is 1. The van der Waals surface area contributed by atoms with Gasteiger partial charge in [-0.15, -0.1) is 0 Å². The van der Waals surface area contributed by atoms with Gasteiger partial charge < -0.3 is 0 Å². The first-order valence-electron chi connectivity index (χ1n) is 7.45. The Morgan fingerprint density at radius 1 is 1.36 bits per heavy atom. The highest BCUT2D eigenvalue weighted by Gasteiger charge is 2.64. The lowest BCUT2D eigenvalue weighted by Crippen LogP contribution is -2.59. The van der Waals surface area contributed by atoms with Gasteiger partial charge in [-0.05, 0) is 47.9 Å². The van der Waals surface area contributed by atoms with Crippen molar-refractivity contribution in [2.75, 3.05) is 0 Å². The highest BCUT2D eigenvalue weighted by Crippen LogP contribution is 2.56. The summed E-state index contributed by atoms with van der Waals surface area (Å²) in [4.78, 5) is 11.3. The minimum Gasteiger partial charge on any atom is -0.276 e. The molecule has 1 nitrogen and oxygen atoms in total. The van der Waals surface area contributed by atoms with Gasteiger partial charge in [0.15, 0.2) is 11.3 Å². The van der Waals surface area contributed by atoms with Gasteiger partial charge >= 0.3 is 0 Å². The van der Waals surface area contributed by atoms with E-state index in [1.165, 1.54) is 38.1 Å². The van der Waals surface area contributed by atoms with Crippen molar-refractivity contribution in [3.8, 4) is 0 Å². The Labute approximate surface area is 133 Å². The fourth-order valence-corrected chi connectivity index (χ4v) is 3.66. The van der Waals surface area contributed by atoms with Gasteiger partial charge in [0.1, 0.15) is 6.17 Å². The molecule has 5 heteroatoms. The van der Waals surface area contributed by atoms with Crippen molar-refractivity contribution in [1.29, 1.82) is 0 Å². The number of benzene rings is 1. The Hall–Kier alpha value is -1.03. The standard InChI is InChI=1S/C17H20ClF3O/c1-10(2)17(21)14(19)7-11(3)9-16(17,20)13-6-4-5-12(8-13)15(18)22/h4-6,8,10-11,14H,7,9H2,1-3H3. The van der Waals surface area contributed by atoms with Crippen LogP contribution >= 0.6 is 11.6 Å². The molecule has 1 aliphatic carbocycles. The van der Waals surface area contributed by atoms with E-state index in [1.54, 1.807) is 6.92 Å². The molecular formula is C17H20ClF3O. The molecule has 0 spiro atoms. The summed E-state index contributed by atoms with van der Waals surface area (Å²) in [6, 6.07) is 5.50. The lowest BCUT2D eigenvalue weighted by molar-refractivity contribution is -0.162. The monoisotopic (exact) mass is 332 g/mol. The van der Waals surface area contributed by atoms with Crippen molar-refractivity contribution in [2.24, 2.45) is 11.8 Å². The summed E-state index contributed by atoms with van der Waals surface area (Å²) in [7, 11) is 0. The van der Waals surface area contributed by atoms with E-state index in [9.17, 15) is 9.18 Å². The Kier molecular flexibility index (Phi) is 4.63. The minimum absolute atomic E-state index is 0.00548. The second-order valence-corrected chi connectivity index (χ2v) is 6.93. The molecule has 4 atom stereocenters. The van der Waals surface area contributed by atoms with Crippen LogP contribution in [0.2, 0.25) is 0 Å². The van der Waals surface area contributed by atoms with Gasteiger partial charge in [-0.3, -0.25) is 4.79 Å². The smallest absolute Gasteiger partial charge is 0.252 e. The summed E-state index contributed by atoms with van der Waals surface area (Å²) in [5.74, 6) is -1.13. The summed E-state index contributed by atoms with van der Waals surface area (Å²) in [5.41, 5.74) is -5.06. The van der Waals surface area contributed by atoms with E-state index in [2.05, 4.69) is 0 Å². The first kappa shape index (κ1) is 17.3. The Bertz CT molecular complexity index is 577. The molecule has 1 fully saturated rings. The van der Waals surface area contributed by atoms with Gasteiger partial charge in [0, 0.05) is 5.56 Å². The van der Waals surface area contributed by atoms with E-state index in [1.807, 2.05) is 0 Å². The molecule has 122 valence electrons. The first-order valence-corrected chi connectivity index (χ1v) is 7.83. The molecule has 0 radical (unpaired) electrons. The number of hydrogen-bond acceptors (Lipinski definition) is 1. The highest BCUT2D eigenvalue weighted by molar-refractivity contribution is 6.67. The molecule has 0 aliphatic heterocycles. The van der Waals surface area contributed by atoms with Crippen LogP contribution < -0.4 is 0 Å². The molecule has 1 aromatic carbocycles. The normalized spacial score (nSPS) is 35.6. The van der Waals surface area contributed by atoms with Crippen LogP contribution in [-0.2, 0) is 5.67 Å². The van der Waals surface area contributed by atoms with Crippen LogP contribution in [0.5, 0.6) is 0 Å². The molecule has 1 saturated carbocycles. The van der Waals surface area contributed by atoms with Crippen molar-refractivity contribution in [3.63, 3.8) is 0 Å². The SMILES string of the molecule is CC1CC(F)C(F)(C(C)C)C(F)(c2cccc(C(=O)Cl)c2)C1. The highest BCUT2D eigenvalue weighted by atomic mass is 35.5. The van der Waals surface area contributed by atoms with Crippen LogP contribution in [0.3, 0.4) is 0 Å². The Morgan fingerprint density at radius 3 is 2.55 bits per heavy atom. The molecule has 1 aliphatic rings. The molecule has 1 aromatic rings. The van der Waals surface area contributed by atoms with Gasteiger partial charge in [-0.1, -0.05) is 39.0 Å². The van der Waals surface area contributed by atoms with Crippen molar-refractivity contribution >= 4 is 16.8 Å². The second kappa shape index (κ2) is 5.88. The quantitative estimate of drug-likeness (QED) is 0.681. The van der Waals surface area contributed by atoms with Gasteiger partial charge in [-0.2, -0.15) is 0 Å². The molecule has 2 rings (SSSR count). The molecule has 0 heterocycles. The van der Waals surface area contributed by atoms with Crippen molar-refractivity contribution in [3.05, 3.63) is 35.4 Å². The third-order valence-electron chi connectivity index (χ3n) is 4.69. The van der Waals surface area contributed by atoms with Gasteiger partial charge in [0.05, 0.1) is 0 Å². The van der Waals surface area contributed by atoms with E-state index in [0.29, 0.717) is 0 Å². The number of alkyl halides is 3. The van der Waals surface area contributed by atoms with Crippen LogP contribution in [0.25, 0.3) is 0 Å². The minimum atomic E-state index is -2.63. The number of hydrogen-bond donors (Lipinski definition) is 0. The van der Waals surface area contributed by atoms with Crippen molar-refractivity contribution in [2.45, 2.75) is 51.1 Å². The molecular weight excluding hydrogens is 313 g/mol. The number of rotatable bonds is 3. The molecule has 0 saturated heterocycles. The first-order chi connectivity index (χ1) is 10.1. The maximum atomic E-state index is 15.8. The summed E-state index contributed by atoms with van der Waals surface area (Å²) >= 11 is 5.42. The molecule has 0 aromatic heterocycles. The van der Waals surface area contributed by atoms with E-state index in [4.69, 9.17) is 11.6 Å². The van der Waals surface area contributed by atoms with Crippen LogP contribution in [0.1, 0.15) is 49.5 Å². The largest absolute Gasteiger partial charge is 0.276 e. The molecule has 0 bridgehead atoms. The maximum Gasteiger partial charge on any atom is 0.252 e. The summed E-state index contributed by atoms with van der Waals surface area (Å²) < 4.78 is 45.7. The third-order valence-corrected chi connectivity index (χ3v) is 4.91. The van der Waals surface area contributed by atoms with Crippen molar-refractivity contribution in [1.82, 2.24) is 0 Å². The maximum absolute atomic E-state index is 15.8. The van der Waals surface area contributed by atoms with Crippen LogP contribution in [0.4, 0.5) is 13.2 Å². The van der Waals surface area contributed by atoms with E-state index in [0.717, 1.165) is 0 Å². The lowest BCUT2D eigenvalue weighted by Gasteiger charge is -2.49. The second-order valence-electron chi connectivity index (χ2n) is 6.59. The number of carbonyl (C=O) groups excluding carboxylic acids is 1. The molecule has 4 unspecified atom stereocenters. The summed E-state index contributed by atoms with van der Waals surface area (Å²) in [6.45, 7) is 4.66.